The first kappa shape index (κ1) is 12.9. The highest BCUT2D eigenvalue weighted by molar-refractivity contribution is 5.40. The third kappa shape index (κ3) is 3.02. The molecular weight excluding hydrogens is 239 g/mol. The summed E-state index contributed by atoms with van der Waals surface area (Å²) in [6, 6.07) is 3.47. The van der Waals surface area contributed by atoms with Crippen LogP contribution in [0.3, 0.4) is 0 Å². The summed E-state index contributed by atoms with van der Waals surface area (Å²) in [4.78, 5) is 12.3. The molecule has 5 nitrogen and oxygen atoms in total. The van der Waals surface area contributed by atoms with Crippen LogP contribution in [0.4, 0.5) is 10.1 Å². The van der Waals surface area contributed by atoms with Crippen molar-refractivity contribution >= 4 is 5.69 Å². The summed E-state index contributed by atoms with van der Waals surface area (Å²) in [6.45, 7) is 1.55. The predicted octanol–water partition coefficient (Wildman–Crippen LogP) is 1.69. The number of hydrogen-bond acceptors (Lipinski definition) is 4. The zero-order valence-electron chi connectivity index (χ0n) is 9.88. The first-order valence-corrected chi connectivity index (χ1v) is 5.89. The molecule has 2 rings (SSSR count). The van der Waals surface area contributed by atoms with Crippen LogP contribution in [0.15, 0.2) is 18.2 Å². The average Bonchev–Trinajstić information content (AvgIpc) is 2.28. The molecule has 98 valence electrons. The summed E-state index contributed by atoms with van der Waals surface area (Å²) in [6.07, 6.45) is 1.21. The lowest BCUT2D eigenvalue weighted by Crippen LogP contribution is -2.37. The number of likely N-dealkylation sites (tertiary alicyclic amines) is 1. The Labute approximate surface area is 104 Å². The lowest BCUT2D eigenvalue weighted by molar-refractivity contribution is -0.385. The fourth-order valence-electron chi connectivity index (χ4n) is 2.27. The van der Waals surface area contributed by atoms with Crippen molar-refractivity contribution in [3.05, 3.63) is 39.7 Å². The highest BCUT2D eigenvalue weighted by Crippen LogP contribution is 2.22. The van der Waals surface area contributed by atoms with Gasteiger partial charge in [0.05, 0.1) is 11.0 Å². The van der Waals surface area contributed by atoms with Gasteiger partial charge in [0.2, 0.25) is 0 Å². The Morgan fingerprint density at radius 3 is 3.00 bits per heavy atom. The van der Waals surface area contributed by atoms with Gasteiger partial charge in [-0.05, 0) is 31.5 Å². The summed E-state index contributed by atoms with van der Waals surface area (Å²) >= 11 is 0. The van der Waals surface area contributed by atoms with E-state index < -0.39 is 16.8 Å². The highest BCUT2D eigenvalue weighted by Gasteiger charge is 2.21. The normalized spacial score (nSPS) is 20.9. The van der Waals surface area contributed by atoms with Crippen molar-refractivity contribution in [2.24, 2.45) is 0 Å². The van der Waals surface area contributed by atoms with Crippen LogP contribution < -0.4 is 0 Å². The number of aliphatic hydroxyl groups excluding tert-OH is 1. The standard InChI is InChI=1S/C12H15FN2O3/c13-10-3-4-12(15(17)18)9(6-10)7-14-5-1-2-11(16)8-14/h3-4,6,11,16H,1-2,5,7-8H2. The number of nitro groups is 1. The Bertz CT molecular complexity index is 453. The van der Waals surface area contributed by atoms with E-state index in [0.717, 1.165) is 25.5 Å². The van der Waals surface area contributed by atoms with Crippen LogP contribution >= 0.6 is 0 Å². The summed E-state index contributed by atoms with van der Waals surface area (Å²) < 4.78 is 13.2. The molecule has 1 aliphatic rings. The van der Waals surface area contributed by atoms with E-state index in [2.05, 4.69) is 0 Å². The van der Waals surface area contributed by atoms with Gasteiger partial charge in [-0.1, -0.05) is 0 Å². The SMILES string of the molecule is O=[N+]([O-])c1ccc(F)cc1CN1CCCC(O)C1. The summed E-state index contributed by atoms with van der Waals surface area (Å²) in [5.41, 5.74) is 0.283. The maximum atomic E-state index is 13.2. The van der Waals surface area contributed by atoms with E-state index in [9.17, 15) is 19.6 Å². The molecule has 18 heavy (non-hydrogen) atoms. The van der Waals surface area contributed by atoms with E-state index in [4.69, 9.17) is 0 Å². The molecular formula is C12H15FN2O3. The molecule has 0 spiro atoms. The molecule has 1 N–H and O–H groups in total. The molecule has 0 radical (unpaired) electrons. The number of hydrogen-bond donors (Lipinski definition) is 1. The molecule has 1 heterocycles. The number of nitro benzene ring substituents is 1. The van der Waals surface area contributed by atoms with Crippen molar-refractivity contribution < 1.29 is 14.4 Å². The summed E-state index contributed by atoms with van der Waals surface area (Å²) in [5, 5.41) is 20.4. The molecule has 0 bridgehead atoms. The van der Waals surface area contributed by atoms with E-state index in [1.165, 1.54) is 12.1 Å². The van der Waals surface area contributed by atoms with E-state index in [1.807, 2.05) is 4.90 Å². The third-order valence-corrected chi connectivity index (χ3v) is 3.11. The third-order valence-electron chi connectivity index (χ3n) is 3.11. The van der Waals surface area contributed by atoms with Crippen molar-refractivity contribution in [2.45, 2.75) is 25.5 Å². The first-order chi connectivity index (χ1) is 8.56. The fraction of sp³-hybridized carbons (Fsp3) is 0.500. The van der Waals surface area contributed by atoms with Crippen molar-refractivity contribution in [2.75, 3.05) is 13.1 Å². The van der Waals surface area contributed by atoms with Gasteiger partial charge in [0.25, 0.3) is 5.69 Å². The average molecular weight is 254 g/mol. The molecule has 1 saturated heterocycles. The lowest BCUT2D eigenvalue weighted by Gasteiger charge is -2.29. The van der Waals surface area contributed by atoms with Gasteiger partial charge in [-0.25, -0.2) is 4.39 Å². The largest absolute Gasteiger partial charge is 0.392 e. The van der Waals surface area contributed by atoms with Gasteiger partial charge in [0, 0.05) is 24.7 Å². The zero-order chi connectivity index (χ0) is 13.1. The van der Waals surface area contributed by atoms with Gasteiger partial charge in [0.1, 0.15) is 5.82 Å². The lowest BCUT2D eigenvalue weighted by atomic mass is 10.1. The van der Waals surface area contributed by atoms with Gasteiger partial charge in [-0.2, -0.15) is 0 Å². The van der Waals surface area contributed by atoms with Gasteiger partial charge in [-0.3, -0.25) is 15.0 Å². The Kier molecular flexibility index (Phi) is 3.88. The van der Waals surface area contributed by atoms with Crippen molar-refractivity contribution in [3.8, 4) is 0 Å². The number of piperidine rings is 1. The zero-order valence-corrected chi connectivity index (χ0v) is 9.88. The second-order valence-corrected chi connectivity index (χ2v) is 4.56. The Hall–Kier alpha value is -1.53. The van der Waals surface area contributed by atoms with Crippen molar-refractivity contribution in [1.82, 2.24) is 4.90 Å². The maximum Gasteiger partial charge on any atom is 0.274 e. The molecule has 1 fully saturated rings. The van der Waals surface area contributed by atoms with Crippen LogP contribution in [0.25, 0.3) is 0 Å². The highest BCUT2D eigenvalue weighted by atomic mass is 19.1. The molecule has 0 saturated carbocycles. The second-order valence-electron chi connectivity index (χ2n) is 4.56. The Balaban J connectivity index is 2.16. The van der Waals surface area contributed by atoms with E-state index in [0.29, 0.717) is 18.7 Å². The monoisotopic (exact) mass is 254 g/mol. The molecule has 1 aromatic carbocycles. The minimum absolute atomic E-state index is 0.0727. The van der Waals surface area contributed by atoms with Crippen molar-refractivity contribution in [1.29, 1.82) is 0 Å². The number of aliphatic hydroxyl groups is 1. The number of halogens is 1. The quantitative estimate of drug-likeness (QED) is 0.658. The van der Waals surface area contributed by atoms with Crippen LogP contribution in [0, 0.1) is 15.9 Å². The van der Waals surface area contributed by atoms with Crippen LogP contribution in [-0.2, 0) is 6.54 Å². The van der Waals surface area contributed by atoms with Crippen LogP contribution in [0.2, 0.25) is 0 Å². The smallest absolute Gasteiger partial charge is 0.274 e. The van der Waals surface area contributed by atoms with E-state index in [1.54, 1.807) is 0 Å². The summed E-state index contributed by atoms with van der Waals surface area (Å²) in [5.74, 6) is -0.479. The van der Waals surface area contributed by atoms with Gasteiger partial charge >= 0.3 is 0 Å². The van der Waals surface area contributed by atoms with Gasteiger partial charge in [0.15, 0.2) is 0 Å². The Morgan fingerprint density at radius 2 is 2.33 bits per heavy atom. The van der Waals surface area contributed by atoms with E-state index >= 15 is 0 Å². The maximum absolute atomic E-state index is 13.2. The van der Waals surface area contributed by atoms with Crippen molar-refractivity contribution in [3.63, 3.8) is 0 Å². The molecule has 6 heteroatoms. The summed E-state index contributed by atoms with van der Waals surface area (Å²) in [7, 11) is 0. The van der Waals surface area contributed by atoms with Gasteiger partial charge < -0.3 is 5.11 Å². The second kappa shape index (κ2) is 5.41. The van der Waals surface area contributed by atoms with Crippen LogP contribution in [-0.4, -0.2) is 34.1 Å². The van der Waals surface area contributed by atoms with Gasteiger partial charge in [-0.15, -0.1) is 0 Å². The molecule has 0 aromatic heterocycles. The number of benzene rings is 1. The molecule has 1 aromatic rings. The topological polar surface area (TPSA) is 66.6 Å². The van der Waals surface area contributed by atoms with E-state index in [-0.39, 0.29) is 5.69 Å². The first-order valence-electron chi connectivity index (χ1n) is 5.89. The number of nitrogens with zero attached hydrogens (tertiary/aromatic N) is 2. The molecule has 0 aliphatic carbocycles. The van der Waals surface area contributed by atoms with Crippen LogP contribution in [0.5, 0.6) is 0 Å². The molecule has 1 unspecified atom stereocenters. The number of β-amino-alcohol motifs (C(OH)–C–C–N with tert-alkyl or cyclic N) is 1. The minimum atomic E-state index is -0.505. The minimum Gasteiger partial charge on any atom is -0.392 e. The molecule has 1 atom stereocenters. The predicted molar refractivity (Wildman–Crippen MR) is 63.6 cm³/mol. The number of rotatable bonds is 3. The molecule has 0 amide bonds. The molecule has 1 aliphatic heterocycles. The Morgan fingerprint density at radius 1 is 1.56 bits per heavy atom. The van der Waals surface area contributed by atoms with Crippen LogP contribution in [0.1, 0.15) is 18.4 Å². The fourth-order valence-corrected chi connectivity index (χ4v) is 2.27.